The lowest BCUT2D eigenvalue weighted by Crippen LogP contribution is -2.45. The van der Waals surface area contributed by atoms with Crippen LogP contribution in [0, 0.1) is 0 Å². The van der Waals surface area contributed by atoms with E-state index in [1.807, 2.05) is 6.07 Å². The van der Waals surface area contributed by atoms with Crippen LogP contribution in [0.25, 0.3) is 10.9 Å². The highest BCUT2D eigenvalue weighted by molar-refractivity contribution is 5.99. The molecule has 2 aromatic rings. The molecule has 10 heteroatoms. The third-order valence-corrected chi connectivity index (χ3v) is 4.99. The molecule has 0 aliphatic carbocycles. The van der Waals surface area contributed by atoms with Crippen molar-refractivity contribution in [3.05, 3.63) is 28.6 Å². The van der Waals surface area contributed by atoms with Gasteiger partial charge in [-0.05, 0) is 50.8 Å². The Morgan fingerprint density at radius 2 is 2.00 bits per heavy atom. The fourth-order valence-electron chi connectivity index (χ4n) is 3.38. The van der Waals surface area contributed by atoms with Gasteiger partial charge in [-0.3, -0.25) is 19.7 Å². The zero-order valence-corrected chi connectivity index (χ0v) is 16.9. The van der Waals surface area contributed by atoms with E-state index in [0.717, 1.165) is 37.0 Å². The topological polar surface area (TPSA) is 141 Å². The van der Waals surface area contributed by atoms with E-state index in [9.17, 15) is 14.4 Å². The normalized spacial score (nSPS) is 16.6. The van der Waals surface area contributed by atoms with Crippen LogP contribution in [-0.4, -0.2) is 53.1 Å². The van der Waals surface area contributed by atoms with Gasteiger partial charge in [0.1, 0.15) is 11.6 Å². The number of rotatable bonds is 11. The fourth-order valence-corrected chi connectivity index (χ4v) is 3.38. The molecule has 1 aromatic heterocycles. The Balaban J connectivity index is 1.64. The molecular weight excluding hydrogens is 388 g/mol. The van der Waals surface area contributed by atoms with Crippen molar-refractivity contribution >= 4 is 28.4 Å². The SMILES string of the molecule is NCCCOCCCCCNc1cccc2nnn(C3CCC(=O)NC3=O)c(=O)c12. The Kier molecular flexibility index (Phi) is 7.86. The zero-order valence-electron chi connectivity index (χ0n) is 16.9. The maximum Gasteiger partial charge on any atom is 0.280 e. The molecule has 0 saturated carbocycles. The van der Waals surface area contributed by atoms with Gasteiger partial charge in [-0.1, -0.05) is 11.3 Å². The molecule has 1 aliphatic heterocycles. The van der Waals surface area contributed by atoms with Gasteiger partial charge >= 0.3 is 0 Å². The number of carbonyl (C=O) groups is 2. The van der Waals surface area contributed by atoms with Gasteiger partial charge in [-0.2, -0.15) is 4.68 Å². The van der Waals surface area contributed by atoms with Crippen molar-refractivity contribution in [2.45, 2.75) is 44.6 Å². The number of carbonyl (C=O) groups excluding carboxylic acids is 2. The van der Waals surface area contributed by atoms with Gasteiger partial charge in [-0.15, -0.1) is 5.10 Å². The van der Waals surface area contributed by atoms with E-state index in [0.29, 0.717) is 36.3 Å². The minimum absolute atomic E-state index is 0.165. The maximum absolute atomic E-state index is 13.1. The number of hydrogen-bond donors (Lipinski definition) is 3. The first-order valence-corrected chi connectivity index (χ1v) is 10.4. The van der Waals surface area contributed by atoms with Gasteiger partial charge in [0.05, 0.1) is 5.39 Å². The largest absolute Gasteiger partial charge is 0.384 e. The Morgan fingerprint density at radius 1 is 1.17 bits per heavy atom. The van der Waals surface area contributed by atoms with Crippen molar-refractivity contribution in [3.8, 4) is 0 Å². The number of unbranched alkanes of at least 4 members (excludes halogenated alkanes) is 2. The monoisotopic (exact) mass is 416 g/mol. The van der Waals surface area contributed by atoms with Gasteiger partial charge in [0.25, 0.3) is 11.5 Å². The van der Waals surface area contributed by atoms with Crippen molar-refractivity contribution in [1.29, 1.82) is 0 Å². The van der Waals surface area contributed by atoms with E-state index in [2.05, 4.69) is 20.9 Å². The number of fused-ring (bicyclic) bond motifs is 1. The van der Waals surface area contributed by atoms with E-state index in [1.165, 1.54) is 0 Å². The summed E-state index contributed by atoms with van der Waals surface area (Å²) in [5.41, 5.74) is 6.15. The summed E-state index contributed by atoms with van der Waals surface area (Å²) in [5, 5.41) is 14.0. The number of piperidine rings is 1. The van der Waals surface area contributed by atoms with E-state index in [-0.39, 0.29) is 18.7 Å². The van der Waals surface area contributed by atoms with Crippen molar-refractivity contribution in [2.24, 2.45) is 5.73 Å². The molecule has 10 nitrogen and oxygen atoms in total. The van der Waals surface area contributed by atoms with Crippen LogP contribution in [0.15, 0.2) is 23.0 Å². The second-order valence-electron chi connectivity index (χ2n) is 7.25. The molecule has 2 amide bonds. The van der Waals surface area contributed by atoms with Crippen LogP contribution in [0.2, 0.25) is 0 Å². The summed E-state index contributed by atoms with van der Waals surface area (Å²) in [6.45, 7) is 2.76. The minimum atomic E-state index is -0.834. The Bertz CT molecular complexity index is 945. The van der Waals surface area contributed by atoms with Crippen LogP contribution in [0.5, 0.6) is 0 Å². The van der Waals surface area contributed by atoms with E-state index < -0.39 is 17.5 Å². The van der Waals surface area contributed by atoms with Gasteiger partial charge < -0.3 is 15.8 Å². The lowest BCUT2D eigenvalue weighted by atomic mass is 10.1. The second-order valence-corrected chi connectivity index (χ2v) is 7.25. The molecule has 3 rings (SSSR count). The summed E-state index contributed by atoms with van der Waals surface area (Å²) >= 11 is 0. The quantitative estimate of drug-likeness (QED) is 0.359. The van der Waals surface area contributed by atoms with E-state index >= 15 is 0 Å². The van der Waals surface area contributed by atoms with Crippen molar-refractivity contribution in [1.82, 2.24) is 20.3 Å². The Hall–Kier alpha value is -2.85. The highest BCUT2D eigenvalue weighted by atomic mass is 16.5. The number of imide groups is 1. The van der Waals surface area contributed by atoms with Crippen LogP contribution in [0.4, 0.5) is 5.69 Å². The van der Waals surface area contributed by atoms with Crippen molar-refractivity contribution in [2.75, 3.05) is 31.6 Å². The highest BCUT2D eigenvalue weighted by Gasteiger charge is 2.30. The van der Waals surface area contributed by atoms with Crippen molar-refractivity contribution in [3.63, 3.8) is 0 Å². The number of nitrogens with zero attached hydrogens (tertiary/aromatic N) is 3. The summed E-state index contributed by atoms with van der Waals surface area (Å²) in [7, 11) is 0. The van der Waals surface area contributed by atoms with E-state index in [4.69, 9.17) is 10.5 Å². The molecule has 1 aromatic carbocycles. The summed E-state index contributed by atoms with van der Waals surface area (Å²) < 4.78 is 6.56. The molecule has 1 atom stereocenters. The zero-order chi connectivity index (χ0) is 21.3. The van der Waals surface area contributed by atoms with Gasteiger partial charge in [-0.25, -0.2) is 0 Å². The number of benzene rings is 1. The predicted molar refractivity (Wildman–Crippen MR) is 112 cm³/mol. The van der Waals surface area contributed by atoms with E-state index in [1.54, 1.807) is 12.1 Å². The highest BCUT2D eigenvalue weighted by Crippen LogP contribution is 2.20. The molecule has 1 aliphatic rings. The first kappa shape index (κ1) is 21.8. The van der Waals surface area contributed by atoms with Gasteiger partial charge in [0, 0.05) is 31.9 Å². The van der Waals surface area contributed by atoms with Gasteiger partial charge in [0.15, 0.2) is 0 Å². The van der Waals surface area contributed by atoms with Gasteiger partial charge in [0.2, 0.25) is 5.91 Å². The Labute approximate surface area is 174 Å². The summed E-state index contributed by atoms with van der Waals surface area (Å²) in [6.07, 6.45) is 4.17. The Morgan fingerprint density at radius 3 is 2.80 bits per heavy atom. The van der Waals surface area contributed by atoms with Crippen LogP contribution in [-0.2, 0) is 14.3 Å². The summed E-state index contributed by atoms with van der Waals surface area (Å²) in [4.78, 5) is 36.6. The smallest absolute Gasteiger partial charge is 0.280 e. The number of nitrogens with two attached hydrogens (primary N) is 1. The molecule has 30 heavy (non-hydrogen) atoms. The molecule has 2 heterocycles. The third kappa shape index (κ3) is 5.39. The first-order valence-electron chi connectivity index (χ1n) is 10.4. The predicted octanol–water partition coefficient (Wildman–Crippen LogP) is 0.717. The van der Waals surface area contributed by atoms with Crippen LogP contribution >= 0.6 is 0 Å². The van der Waals surface area contributed by atoms with Crippen LogP contribution in [0.1, 0.15) is 44.6 Å². The molecule has 0 radical (unpaired) electrons. The third-order valence-electron chi connectivity index (χ3n) is 4.99. The number of hydrogen-bond acceptors (Lipinski definition) is 8. The van der Waals surface area contributed by atoms with Crippen LogP contribution < -0.4 is 21.9 Å². The molecule has 1 unspecified atom stereocenters. The summed E-state index contributed by atoms with van der Waals surface area (Å²) in [6, 6.07) is 4.50. The maximum atomic E-state index is 13.1. The molecule has 1 fully saturated rings. The molecule has 162 valence electrons. The second kappa shape index (κ2) is 10.8. The average Bonchev–Trinajstić information content (AvgIpc) is 2.73. The number of amides is 2. The lowest BCUT2D eigenvalue weighted by Gasteiger charge is -2.21. The molecular formula is C20H28N6O4. The standard InChI is InChI=1S/C20H28N6O4/c21-10-5-13-30-12-3-1-2-11-22-14-6-4-7-15-18(14)20(29)26(25-24-15)16-8-9-17(27)23-19(16)28/h4,6-7,16,22H,1-3,5,8-13,21H2,(H,23,27,28). The summed E-state index contributed by atoms with van der Waals surface area (Å²) in [5.74, 6) is -0.869. The molecule has 1 saturated heterocycles. The molecule has 0 spiro atoms. The number of ether oxygens (including phenoxy) is 1. The van der Waals surface area contributed by atoms with Crippen molar-refractivity contribution < 1.29 is 14.3 Å². The fraction of sp³-hybridized carbons (Fsp3) is 0.550. The number of nitrogens with one attached hydrogen (secondary N) is 2. The average molecular weight is 416 g/mol. The molecule has 0 bridgehead atoms. The number of aromatic nitrogens is 3. The number of anilines is 1. The first-order chi connectivity index (χ1) is 14.6. The molecule has 4 N–H and O–H groups in total. The lowest BCUT2D eigenvalue weighted by molar-refractivity contribution is -0.136. The van der Waals surface area contributed by atoms with Crippen LogP contribution in [0.3, 0.4) is 0 Å². The minimum Gasteiger partial charge on any atom is -0.384 e.